The number of hydrogen-bond donors (Lipinski definition) is 3. The van der Waals surface area contributed by atoms with Crippen LogP contribution >= 0.6 is 0 Å². The molecule has 11 nitrogen and oxygen atoms in total. The highest BCUT2D eigenvalue weighted by Gasteiger charge is 2.20. The van der Waals surface area contributed by atoms with Gasteiger partial charge in [0.15, 0.2) is 5.65 Å². The van der Waals surface area contributed by atoms with Crippen molar-refractivity contribution < 1.29 is 23.5 Å². The molecule has 0 saturated carbocycles. The van der Waals surface area contributed by atoms with Gasteiger partial charge in [-0.05, 0) is 30.7 Å². The summed E-state index contributed by atoms with van der Waals surface area (Å²) < 4.78 is 26.0. The average Bonchev–Trinajstić information content (AvgIpc) is 3.29. The summed E-state index contributed by atoms with van der Waals surface area (Å²) in [6, 6.07) is 8.37. The minimum Gasteiger partial charge on any atom is -0.473 e. The molecular formula is C24H22FN7O4. The van der Waals surface area contributed by atoms with Crippen LogP contribution in [0, 0.1) is 5.82 Å². The van der Waals surface area contributed by atoms with E-state index in [9.17, 15) is 14.0 Å². The molecule has 184 valence electrons. The first-order chi connectivity index (χ1) is 17.4. The Balaban J connectivity index is 1.59. The van der Waals surface area contributed by atoms with Crippen molar-refractivity contribution in [3.05, 3.63) is 65.9 Å². The highest BCUT2D eigenvalue weighted by Crippen LogP contribution is 2.30. The summed E-state index contributed by atoms with van der Waals surface area (Å²) in [5.41, 5.74) is 3.12. The number of fused-ring (bicyclic) bond motifs is 2. The third-order valence-corrected chi connectivity index (χ3v) is 5.57. The molecule has 36 heavy (non-hydrogen) atoms. The average molecular weight is 491 g/mol. The molecule has 0 aliphatic carbocycles. The smallest absolute Gasteiger partial charge is 0.411 e. The summed E-state index contributed by atoms with van der Waals surface area (Å²) in [5, 5.41) is 13.0. The number of hydrogen-bond acceptors (Lipinski definition) is 8. The Morgan fingerprint density at radius 3 is 2.81 bits per heavy atom. The zero-order valence-corrected chi connectivity index (χ0v) is 19.4. The van der Waals surface area contributed by atoms with E-state index in [1.807, 2.05) is 0 Å². The van der Waals surface area contributed by atoms with Crippen LogP contribution in [0.15, 0.2) is 48.9 Å². The third-order valence-electron chi connectivity index (χ3n) is 5.57. The van der Waals surface area contributed by atoms with Gasteiger partial charge in [0, 0.05) is 29.6 Å². The molecule has 3 N–H and O–H groups in total. The van der Waals surface area contributed by atoms with Crippen LogP contribution in [0.1, 0.15) is 22.8 Å². The maximum absolute atomic E-state index is 14.0. The number of halogens is 1. The van der Waals surface area contributed by atoms with Gasteiger partial charge in [-0.3, -0.25) is 10.1 Å². The molecule has 4 aromatic rings. The maximum Gasteiger partial charge on any atom is 0.411 e. The van der Waals surface area contributed by atoms with Gasteiger partial charge < -0.3 is 20.1 Å². The summed E-state index contributed by atoms with van der Waals surface area (Å²) in [5.74, 6) is -0.154. The zero-order valence-electron chi connectivity index (χ0n) is 19.4. The van der Waals surface area contributed by atoms with Crippen LogP contribution in [0.2, 0.25) is 0 Å². The van der Waals surface area contributed by atoms with Crippen molar-refractivity contribution in [3.8, 4) is 17.0 Å². The molecule has 5 rings (SSSR count). The Kier molecular flexibility index (Phi) is 6.07. The van der Waals surface area contributed by atoms with Gasteiger partial charge in [0.1, 0.15) is 23.3 Å². The molecule has 2 amide bonds. The number of nitrogens with zero attached hydrogens (tertiary/aromatic N) is 4. The Morgan fingerprint density at radius 1 is 1.22 bits per heavy atom. The van der Waals surface area contributed by atoms with E-state index < -0.39 is 18.0 Å². The van der Waals surface area contributed by atoms with Gasteiger partial charge in [0.05, 0.1) is 26.0 Å². The van der Waals surface area contributed by atoms with Gasteiger partial charge in [-0.25, -0.2) is 23.7 Å². The minimum atomic E-state index is -0.580. The molecule has 2 bridgehead atoms. The van der Waals surface area contributed by atoms with Gasteiger partial charge in [-0.15, -0.1) is 0 Å². The second-order valence-corrected chi connectivity index (χ2v) is 8.13. The fourth-order valence-corrected chi connectivity index (χ4v) is 3.76. The fraction of sp³-hybridized carbons (Fsp3) is 0.208. The van der Waals surface area contributed by atoms with E-state index in [1.54, 1.807) is 37.4 Å². The largest absolute Gasteiger partial charge is 0.473 e. The number of carbonyl (C=O) groups excluding carboxylic acids is 2. The first-order valence-electron chi connectivity index (χ1n) is 11.1. The van der Waals surface area contributed by atoms with Crippen molar-refractivity contribution in [2.24, 2.45) is 0 Å². The Bertz CT molecular complexity index is 1460. The van der Waals surface area contributed by atoms with E-state index in [0.29, 0.717) is 33.8 Å². The summed E-state index contributed by atoms with van der Waals surface area (Å²) in [4.78, 5) is 33.1. The van der Waals surface area contributed by atoms with Crippen molar-refractivity contribution >= 4 is 29.2 Å². The number of pyridine rings is 1. The minimum absolute atomic E-state index is 0.163. The van der Waals surface area contributed by atoms with E-state index in [2.05, 4.69) is 35.8 Å². The summed E-state index contributed by atoms with van der Waals surface area (Å²) >= 11 is 0. The fourth-order valence-electron chi connectivity index (χ4n) is 3.76. The van der Waals surface area contributed by atoms with Crippen molar-refractivity contribution in [3.63, 3.8) is 0 Å². The van der Waals surface area contributed by atoms with Gasteiger partial charge in [0.25, 0.3) is 5.91 Å². The van der Waals surface area contributed by atoms with Crippen LogP contribution in [-0.2, 0) is 11.3 Å². The second-order valence-electron chi connectivity index (χ2n) is 8.13. The van der Waals surface area contributed by atoms with E-state index >= 15 is 0 Å². The molecule has 0 fully saturated rings. The zero-order chi connectivity index (χ0) is 25.2. The summed E-state index contributed by atoms with van der Waals surface area (Å²) in [6.07, 6.45) is 3.28. The Hall–Kier alpha value is -4.74. The van der Waals surface area contributed by atoms with Gasteiger partial charge in [0.2, 0.25) is 5.88 Å². The second kappa shape index (κ2) is 9.49. The molecule has 12 heteroatoms. The highest BCUT2D eigenvalue weighted by atomic mass is 19.1. The van der Waals surface area contributed by atoms with E-state index in [1.165, 1.54) is 23.9 Å². The van der Waals surface area contributed by atoms with Crippen LogP contribution in [0.5, 0.6) is 5.88 Å². The lowest BCUT2D eigenvalue weighted by Crippen LogP contribution is -2.33. The number of aromatic nitrogens is 4. The lowest BCUT2D eigenvalue weighted by Gasteiger charge is -2.17. The summed E-state index contributed by atoms with van der Waals surface area (Å²) in [6.45, 7) is 2.15. The lowest BCUT2D eigenvalue weighted by molar-refractivity contribution is 0.0932. The monoisotopic (exact) mass is 491 g/mol. The quantitative estimate of drug-likeness (QED) is 0.390. The van der Waals surface area contributed by atoms with Crippen molar-refractivity contribution in [1.82, 2.24) is 24.9 Å². The lowest BCUT2D eigenvalue weighted by atomic mass is 10.1. The van der Waals surface area contributed by atoms with E-state index in [4.69, 9.17) is 4.74 Å². The molecule has 0 saturated heterocycles. The van der Waals surface area contributed by atoms with Crippen LogP contribution < -0.4 is 20.7 Å². The molecular weight excluding hydrogens is 469 g/mol. The number of methoxy groups -OCH3 is 1. The van der Waals surface area contributed by atoms with Gasteiger partial charge >= 0.3 is 6.09 Å². The Morgan fingerprint density at radius 2 is 2.03 bits per heavy atom. The molecule has 1 aliphatic rings. The molecule has 1 aromatic carbocycles. The number of rotatable bonds is 2. The van der Waals surface area contributed by atoms with Crippen molar-refractivity contribution in [2.45, 2.75) is 19.6 Å². The number of nitrogens with one attached hydrogen (secondary N) is 3. The standard InChI is InChI=1S/C24H22FN7O4/c1-13-8-27-22(33)18-11-29-32-12-19(14-3-5-17(6-4-14)30-24(34)35-2)20(31-21(18)32)26-9-15-7-16(25)10-28-23(15)36-13/h3-7,10-13H,8-9H2,1-2H3,(H,26,31)(H,27,33)(H,30,34). The molecule has 3 aromatic heterocycles. The Labute approximate surface area is 204 Å². The predicted octanol–water partition coefficient (Wildman–Crippen LogP) is 3.23. The highest BCUT2D eigenvalue weighted by molar-refractivity contribution is 6.00. The molecule has 1 atom stereocenters. The van der Waals surface area contributed by atoms with E-state index in [-0.39, 0.29) is 24.9 Å². The van der Waals surface area contributed by atoms with Gasteiger partial charge in [-0.2, -0.15) is 5.10 Å². The molecule has 1 aliphatic heterocycles. The normalized spacial score (nSPS) is 15.4. The number of amides is 2. The van der Waals surface area contributed by atoms with Crippen LogP contribution in [0.3, 0.4) is 0 Å². The van der Waals surface area contributed by atoms with Gasteiger partial charge in [-0.1, -0.05) is 12.1 Å². The maximum atomic E-state index is 14.0. The number of anilines is 2. The topological polar surface area (TPSA) is 132 Å². The van der Waals surface area contributed by atoms with Crippen LogP contribution in [0.4, 0.5) is 20.7 Å². The number of carbonyl (C=O) groups is 2. The molecule has 4 heterocycles. The van der Waals surface area contributed by atoms with E-state index in [0.717, 1.165) is 11.8 Å². The predicted molar refractivity (Wildman–Crippen MR) is 128 cm³/mol. The SMILES string of the molecule is COC(=O)Nc1ccc(-c2cn3ncc4c3nc2NCc2cc(F)cnc2OC(C)CNC4=O)cc1. The first-order valence-corrected chi connectivity index (χ1v) is 11.1. The summed E-state index contributed by atoms with van der Waals surface area (Å²) in [7, 11) is 1.29. The van der Waals surface area contributed by atoms with Crippen LogP contribution in [0.25, 0.3) is 16.8 Å². The first kappa shape index (κ1) is 23.0. The molecule has 0 spiro atoms. The van der Waals surface area contributed by atoms with Crippen molar-refractivity contribution in [1.29, 1.82) is 0 Å². The van der Waals surface area contributed by atoms with Crippen molar-refractivity contribution in [2.75, 3.05) is 24.3 Å². The third kappa shape index (κ3) is 4.60. The number of ether oxygens (including phenoxy) is 2. The number of benzene rings is 1. The molecule has 0 radical (unpaired) electrons. The van der Waals surface area contributed by atoms with Crippen LogP contribution in [-0.4, -0.2) is 51.3 Å². The molecule has 1 unspecified atom stereocenters.